The first kappa shape index (κ1) is 14.0. The van der Waals surface area contributed by atoms with E-state index in [-0.39, 0.29) is 0 Å². The van der Waals surface area contributed by atoms with E-state index < -0.39 is 0 Å². The van der Waals surface area contributed by atoms with Crippen molar-refractivity contribution in [2.45, 2.75) is 57.5 Å². The van der Waals surface area contributed by atoms with Gasteiger partial charge < -0.3 is 10.6 Å². The average molecular weight is 266 g/mol. The van der Waals surface area contributed by atoms with Crippen LogP contribution in [0.5, 0.6) is 0 Å². The second-order valence-electron chi connectivity index (χ2n) is 5.47. The predicted molar refractivity (Wildman–Crippen MR) is 80.4 cm³/mol. The number of nitrogens with one attached hydrogen (secondary N) is 2. The van der Waals surface area contributed by atoms with Crippen LogP contribution in [0.3, 0.4) is 0 Å². The van der Waals surface area contributed by atoms with Gasteiger partial charge >= 0.3 is 0 Å². The van der Waals surface area contributed by atoms with Crippen LogP contribution in [-0.2, 0) is 6.42 Å². The monoisotopic (exact) mass is 266 g/mol. The highest BCUT2D eigenvalue weighted by atomic mass is 32.1. The molecule has 2 N–H and O–H groups in total. The molecule has 18 heavy (non-hydrogen) atoms. The van der Waals surface area contributed by atoms with Gasteiger partial charge in [0.25, 0.3) is 0 Å². The standard InChI is InChI=1S/C15H26N2S/c1-13(11-15-5-3-2-4-8-17-15)16-9-6-14-7-10-18-12-14/h7,10,12-13,15-17H,2-6,8-9,11H2,1H3. The number of thiophene rings is 1. The van der Waals surface area contributed by atoms with Crippen molar-refractivity contribution in [2.24, 2.45) is 0 Å². The molecule has 1 aliphatic rings. The Bertz CT molecular complexity index is 302. The van der Waals surface area contributed by atoms with Gasteiger partial charge in [-0.3, -0.25) is 0 Å². The zero-order valence-electron chi connectivity index (χ0n) is 11.5. The minimum Gasteiger partial charge on any atom is -0.314 e. The van der Waals surface area contributed by atoms with Gasteiger partial charge in [-0.25, -0.2) is 0 Å². The zero-order chi connectivity index (χ0) is 12.6. The van der Waals surface area contributed by atoms with Crippen molar-refractivity contribution in [3.63, 3.8) is 0 Å². The number of hydrogen-bond acceptors (Lipinski definition) is 3. The minimum atomic E-state index is 0.624. The molecule has 2 nitrogen and oxygen atoms in total. The van der Waals surface area contributed by atoms with E-state index in [4.69, 9.17) is 0 Å². The molecular formula is C15H26N2S. The number of hydrogen-bond donors (Lipinski definition) is 2. The van der Waals surface area contributed by atoms with Crippen molar-refractivity contribution in [1.82, 2.24) is 10.6 Å². The van der Waals surface area contributed by atoms with Crippen molar-refractivity contribution < 1.29 is 0 Å². The van der Waals surface area contributed by atoms with E-state index in [1.165, 1.54) is 44.2 Å². The molecule has 1 aliphatic heterocycles. The third-order valence-corrected chi connectivity index (χ3v) is 4.52. The maximum atomic E-state index is 3.68. The zero-order valence-corrected chi connectivity index (χ0v) is 12.3. The van der Waals surface area contributed by atoms with Gasteiger partial charge in [0.05, 0.1) is 0 Å². The van der Waals surface area contributed by atoms with Crippen LogP contribution in [0.1, 0.15) is 44.6 Å². The summed E-state index contributed by atoms with van der Waals surface area (Å²) in [6.07, 6.45) is 7.95. The summed E-state index contributed by atoms with van der Waals surface area (Å²) in [6.45, 7) is 4.64. The maximum absolute atomic E-state index is 3.68. The number of rotatable bonds is 6. The first-order valence-electron chi connectivity index (χ1n) is 7.32. The quantitative estimate of drug-likeness (QED) is 0.826. The summed E-state index contributed by atoms with van der Waals surface area (Å²) in [5.41, 5.74) is 1.47. The molecule has 102 valence electrons. The smallest absolute Gasteiger partial charge is 0.00817 e. The van der Waals surface area contributed by atoms with E-state index in [1.807, 2.05) is 0 Å². The molecule has 0 aliphatic carbocycles. The Morgan fingerprint density at radius 1 is 1.44 bits per heavy atom. The first-order chi connectivity index (χ1) is 8.84. The third kappa shape index (κ3) is 5.09. The van der Waals surface area contributed by atoms with Crippen LogP contribution < -0.4 is 10.6 Å². The van der Waals surface area contributed by atoms with Gasteiger partial charge in [-0.15, -0.1) is 0 Å². The molecule has 0 saturated carbocycles. The summed E-state index contributed by atoms with van der Waals surface area (Å²) in [7, 11) is 0. The summed E-state index contributed by atoms with van der Waals surface area (Å²) >= 11 is 1.79. The Morgan fingerprint density at radius 2 is 2.39 bits per heavy atom. The first-order valence-corrected chi connectivity index (χ1v) is 8.27. The molecule has 0 radical (unpaired) electrons. The van der Waals surface area contributed by atoms with E-state index in [0.717, 1.165) is 19.0 Å². The summed E-state index contributed by atoms with van der Waals surface area (Å²) in [5, 5.41) is 11.7. The molecule has 2 rings (SSSR count). The van der Waals surface area contributed by atoms with Crippen molar-refractivity contribution in [2.75, 3.05) is 13.1 Å². The van der Waals surface area contributed by atoms with Gasteiger partial charge in [-0.1, -0.05) is 12.8 Å². The molecule has 1 aromatic heterocycles. The topological polar surface area (TPSA) is 24.1 Å². The van der Waals surface area contributed by atoms with E-state index in [9.17, 15) is 0 Å². The van der Waals surface area contributed by atoms with Gasteiger partial charge in [-0.2, -0.15) is 11.3 Å². The summed E-state index contributed by atoms with van der Waals surface area (Å²) < 4.78 is 0. The molecule has 2 unspecified atom stereocenters. The van der Waals surface area contributed by atoms with Crippen LogP contribution in [-0.4, -0.2) is 25.2 Å². The molecule has 0 bridgehead atoms. The maximum Gasteiger partial charge on any atom is 0.00817 e. The van der Waals surface area contributed by atoms with Crippen LogP contribution >= 0.6 is 11.3 Å². The van der Waals surface area contributed by atoms with Crippen LogP contribution in [0.2, 0.25) is 0 Å². The van der Waals surface area contributed by atoms with Gasteiger partial charge in [-0.05, 0) is 68.1 Å². The molecule has 2 heterocycles. The lowest BCUT2D eigenvalue weighted by molar-refractivity contribution is 0.405. The fraction of sp³-hybridized carbons (Fsp3) is 0.733. The Balaban J connectivity index is 1.60. The lowest BCUT2D eigenvalue weighted by Crippen LogP contribution is -2.37. The van der Waals surface area contributed by atoms with E-state index >= 15 is 0 Å². The molecule has 0 spiro atoms. The SMILES string of the molecule is CC(CC1CCCCCN1)NCCc1ccsc1. The molecule has 1 saturated heterocycles. The fourth-order valence-corrected chi connectivity index (χ4v) is 3.41. The highest BCUT2D eigenvalue weighted by Crippen LogP contribution is 2.12. The van der Waals surface area contributed by atoms with E-state index in [0.29, 0.717) is 6.04 Å². The van der Waals surface area contributed by atoms with Crippen molar-refractivity contribution in [3.05, 3.63) is 22.4 Å². The predicted octanol–water partition coefficient (Wildman–Crippen LogP) is 3.19. The Morgan fingerprint density at radius 3 is 3.22 bits per heavy atom. The van der Waals surface area contributed by atoms with Gasteiger partial charge in [0, 0.05) is 12.1 Å². The van der Waals surface area contributed by atoms with Crippen LogP contribution in [0.15, 0.2) is 16.8 Å². The lowest BCUT2D eigenvalue weighted by atomic mass is 10.0. The molecule has 1 fully saturated rings. The average Bonchev–Trinajstić information content (AvgIpc) is 2.74. The van der Waals surface area contributed by atoms with Crippen molar-refractivity contribution >= 4 is 11.3 Å². The molecule has 1 aromatic rings. The normalized spacial score (nSPS) is 22.6. The Kier molecular flexibility index (Phi) is 6.18. The second kappa shape index (κ2) is 7.93. The summed E-state index contributed by atoms with van der Waals surface area (Å²) in [4.78, 5) is 0. The van der Waals surface area contributed by atoms with Crippen LogP contribution in [0, 0.1) is 0 Å². The van der Waals surface area contributed by atoms with Gasteiger partial charge in [0.1, 0.15) is 0 Å². The van der Waals surface area contributed by atoms with Crippen molar-refractivity contribution in [1.29, 1.82) is 0 Å². The third-order valence-electron chi connectivity index (χ3n) is 3.79. The largest absolute Gasteiger partial charge is 0.314 e. The second-order valence-corrected chi connectivity index (χ2v) is 6.25. The van der Waals surface area contributed by atoms with E-state index in [1.54, 1.807) is 11.3 Å². The molecule has 0 amide bonds. The van der Waals surface area contributed by atoms with Gasteiger partial charge in [0.15, 0.2) is 0 Å². The van der Waals surface area contributed by atoms with Gasteiger partial charge in [0.2, 0.25) is 0 Å². The molecule has 0 aromatic carbocycles. The Hall–Kier alpha value is -0.380. The van der Waals surface area contributed by atoms with Crippen molar-refractivity contribution in [3.8, 4) is 0 Å². The summed E-state index contributed by atoms with van der Waals surface area (Å²) in [5.74, 6) is 0. The Labute approximate surface area is 115 Å². The highest BCUT2D eigenvalue weighted by molar-refractivity contribution is 7.07. The molecular weight excluding hydrogens is 240 g/mol. The molecule has 3 heteroatoms. The molecule has 2 atom stereocenters. The highest BCUT2D eigenvalue weighted by Gasteiger charge is 2.14. The lowest BCUT2D eigenvalue weighted by Gasteiger charge is -2.21. The van der Waals surface area contributed by atoms with Crippen LogP contribution in [0.4, 0.5) is 0 Å². The summed E-state index contributed by atoms with van der Waals surface area (Å²) in [6, 6.07) is 3.58. The minimum absolute atomic E-state index is 0.624. The van der Waals surface area contributed by atoms with Crippen LogP contribution in [0.25, 0.3) is 0 Å². The fourth-order valence-electron chi connectivity index (χ4n) is 2.71. The van der Waals surface area contributed by atoms with E-state index in [2.05, 4.69) is 34.4 Å².